The highest BCUT2D eigenvalue weighted by molar-refractivity contribution is 6.36. The molecule has 0 atom stereocenters. The minimum Gasteiger partial charge on any atom is -0.350 e. The molecule has 64 valence electrons. The van der Waals surface area contributed by atoms with Crippen LogP contribution in [-0.2, 0) is 9.59 Å². The second-order valence-corrected chi connectivity index (χ2v) is 2.77. The van der Waals surface area contributed by atoms with Gasteiger partial charge in [-0.3, -0.25) is 9.59 Å². The van der Waals surface area contributed by atoms with Gasteiger partial charge >= 0.3 is 0 Å². The maximum Gasteiger partial charge on any atom is 0.287 e. The van der Waals surface area contributed by atoms with E-state index in [1.807, 2.05) is 6.92 Å². The molecule has 0 saturated carbocycles. The van der Waals surface area contributed by atoms with Gasteiger partial charge in [-0.25, -0.2) is 0 Å². The van der Waals surface area contributed by atoms with E-state index in [2.05, 4.69) is 5.32 Å². The van der Waals surface area contributed by atoms with Crippen LogP contribution in [0.2, 0.25) is 0 Å². The fraction of sp³-hybridized carbons (Fsp3) is 0.750. The first kappa shape index (κ1) is 10.1. The van der Waals surface area contributed by atoms with Crippen LogP contribution in [0.4, 0.5) is 0 Å². The summed E-state index contributed by atoms with van der Waals surface area (Å²) in [6.45, 7) is 5.96. The number of hydrogen-bond acceptors (Lipinski definition) is 2. The summed E-state index contributed by atoms with van der Waals surface area (Å²) in [4.78, 5) is 21.8. The Morgan fingerprint density at radius 2 is 1.91 bits per heavy atom. The predicted octanol–water partition coefficient (Wildman–Crippen LogP) is 0.738. The summed E-state index contributed by atoms with van der Waals surface area (Å²) in [5.41, 5.74) is 0. The lowest BCUT2D eigenvalue weighted by atomic mass is 10.1. The van der Waals surface area contributed by atoms with Crippen LogP contribution in [0.25, 0.3) is 0 Å². The number of ketones is 1. The van der Waals surface area contributed by atoms with Gasteiger partial charge in [-0.1, -0.05) is 20.8 Å². The van der Waals surface area contributed by atoms with E-state index in [-0.39, 0.29) is 11.7 Å². The van der Waals surface area contributed by atoms with Crippen LogP contribution < -0.4 is 5.32 Å². The molecule has 0 radical (unpaired) electrons. The van der Waals surface area contributed by atoms with Gasteiger partial charge in [-0.15, -0.1) is 0 Å². The van der Waals surface area contributed by atoms with Crippen molar-refractivity contribution in [1.29, 1.82) is 0 Å². The van der Waals surface area contributed by atoms with Crippen LogP contribution in [0.5, 0.6) is 0 Å². The first-order chi connectivity index (χ1) is 5.09. The average Bonchev–Trinajstić information content (AvgIpc) is 1.98. The predicted molar refractivity (Wildman–Crippen MR) is 43.1 cm³/mol. The molecule has 0 heterocycles. The van der Waals surface area contributed by atoms with Crippen molar-refractivity contribution in [1.82, 2.24) is 5.32 Å². The van der Waals surface area contributed by atoms with Gasteiger partial charge in [0.05, 0.1) is 0 Å². The van der Waals surface area contributed by atoms with E-state index in [9.17, 15) is 9.59 Å². The van der Waals surface area contributed by atoms with Crippen molar-refractivity contribution in [3.05, 3.63) is 0 Å². The Kier molecular flexibility index (Phi) is 4.50. The summed E-state index contributed by atoms with van der Waals surface area (Å²) >= 11 is 0. The zero-order chi connectivity index (χ0) is 8.85. The van der Waals surface area contributed by atoms with E-state index in [0.29, 0.717) is 6.54 Å². The van der Waals surface area contributed by atoms with E-state index in [1.54, 1.807) is 13.8 Å². The molecule has 0 fully saturated rings. The minimum atomic E-state index is -0.457. The lowest BCUT2D eigenvalue weighted by molar-refractivity contribution is -0.139. The highest BCUT2D eigenvalue weighted by atomic mass is 16.2. The third-order valence-electron chi connectivity index (χ3n) is 1.28. The quantitative estimate of drug-likeness (QED) is 0.612. The molecule has 0 aromatic heterocycles. The standard InChI is InChI=1S/C8H15NO2/c1-4-5-9-8(11)7(10)6(2)3/h6H,4-5H2,1-3H3,(H,9,11). The maximum atomic E-state index is 10.9. The van der Waals surface area contributed by atoms with Crippen molar-refractivity contribution < 1.29 is 9.59 Å². The normalized spacial score (nSPS) is 9.82. The molecular formula is C8H15NO2. The van der Waals surface area contributed by atoms with Crippen molar-refractivity contribution in [2.45, 2.75) is 27.2 Å². The minimum absolute atomic E-state index is 0.202. The summed E-state index contributed by atoms with van der Waals surface area (Å²) in [6.07, 6.45) is 0.858. The molecule has 0 unspecified atom stereocenters. The van der Waals surface area contributed by atoms with E-state index < -0.39 is 5.91 Å². The summed E-state index contributed by atoms with van der Waals surface area (Å²) in [6, 6.07) is 0. The fourth-order valence-electron chi connectivity index (χ4n) is 0.588. The number of nitrogens with one attached hydrogen (secondary N) is 1. The van der Waals surface area contributed by atoms with Crippen molar-refractivity contribution in [2.24, 2.45) is 5.92 Å². The lowest BCUT2D eigenvalue weighted by Gasteiger charge is -2.03. The second kappa shape index (κ2) is 4.88. The zero-order valence-electron chi connectivity index (χ0n) is 7.31. The lowest BCUT2D eigenvalue weighted by Crippen LogP contribution is -2.34. The Hall–Kier alpha value is -0.860. The molecule has 0 spiro atoms. The highest BCUT2D eigenvalue weighted by Crippen LogP contribution is 1.93. The second-order valence-electron chi connectivity index (χ2n) is 2.77. The van der Waals surface area contributed by atoms with Gasteiger partial charge in [-0.05, 0) is 6.42 Å². The summed E-state index contributed by atoms with van der Waals surface area (Å²) in [7, 11) is 0. The van der Waals surface area contributed by atoms with Gasteiger partial charge in [0.2, 0.25) is 5.78 Å². The number of carbonyl (C=O) groups excluding carboxylic acids is 2. The molecule has 3 heteroatoms. The summed E-state index contributed by atoms with van der Waals surface area (Å²) in [5.74, 6) is -0.993. The highest BCUT2D eigenvalue weighted by Gasteiger charge is 2.15. The number of Topliss-reactive ketones (excluding diaryl/α,β-unsaturated/α-hetero) is 1. The van der Waals surface area contributed by atoms with Crippen LogP contribution in [0.1, 0.15) is 27.2 Å². The fourth-order valence-corrected chi connectivity index (χ4v) is 0.588. The van der Waals surface area contributed by atoms with Crippen LogP contribution in [-0.4, -0.2) is 18.2 Å². The Morgan fingerprint density at radius 3 is 2.27 bits per heavy atom. The topological polar surface area (TPSA) is 46.2 Å². The first-order valence-corrected chi connectivity index (χ1v) is 3.91. The van der Waals surface area contributed by atoms with E-state index in [4.69, 9.17) is 0 Å². The molecule has 0 bridgehead atoms. The SMILES string of the molecule is CCCNC(=O)C(=O)C(C)C. The average molecular weight is 157 g/mol. The van der Waals surface area contributed by atoms with Crippen molar-refractivity contribution in [3.8, 4) is 0 Å². The van der Waals surface area contributed by atoms with Gasteiger partial charge in [0.1, 0.15) is 0 Å². The molecule has 3 nitrogen and oxygen atoms in total. The van der Waals surface area contributed by atoms with Crippen LogP contribution in [0, 0.1) is 5.92 Å². The smallest absolute Gasteiger partial charge is 0.287 e. The van der Waals surface area contributed by atoms with Crippen molar-refractivity contribution in [2.75, 3.05) is 6.54 Å². The van der Waals surface area contributed by atoms with E-state index in [1.165, 1.54) is 0 Å². The Balaban J connectivity index is 3.75. The summed E-state index contributed by atoms with van der Waals surface area (Å²) in [5, 5.41) is 2.52. The van der Waals surface area contributed by atoms with E-state index >= 15 is 0 Å². The number of rotatable bonds is 4. The molecule has 0 aliphatic heterocycles. The molecule has 0 aliphatic rings. The number of hydrogen-bond donors (Lipinski definition) is 1. The Bertz CT molecular complexity index is 152. The number of amides is 1. The molecule has 1 N–H and O–H groups in total. The molecule has 1 amide bonds. The third kappa shape index (κ3) is 3.75. The monoisotopic (exact) mass is 157 g/mol. The first-order valence-electron chi connectivity index (χ1n) is 3.91. The van der Waals surface area contributed by atoms with Gasteiger partial charge in [0.15, 0.2) is 0 Å². The zero-order valence-corrected chi connectivity index (χ0v) is 7.31. The van der Waals surface area contributed by atoms with Gasteiger partial charge in [0.25, 0.3) is 5.91 Å². The van der Waals surface area contributed by atoms with Crippen LogP contribution in [0.15, 0.2) is 0 Å². The molecule has 0 rings (SSSR count). The van der Waals surface area contributed by atoms with Crippen LogP contribution >= 0.6 is 0 Å². The van der Waals surface area contributed by atoms with Gasteiger partial charge in [0, 0.05) is 12.5 Å². The van der Waals surface area contributed by atoms with Gasteiger partial charge in [-0.2, -0.15) is 0 Å². The van der Waals surface area contributed by atoms with Crippen LogP contribution in [0.3, 0.4) is 0 Å². The molecular weight excluding hydrogens is 142 g/mol. The van der Waals surface area contributed by atoms with E-state index in [0.717, 1.165) is 6.42 Å². The molecule has 0 aromatic carbocycles. The molecule has 0 aromatic rings. The summed E-state index contributed by atoms with van der Waals surface area (Å²) < 4.78 is 0. The maximum absolute atomic E-state index is 10.9. The molecule has 0 aliphatic carbocycles. The molecule has 11 heavy (non-hydrogen) atoms. The van der Waals surface area contributed by atoms with Gasteiger partial charge < -0.3 is 5.32 Å². The van der Waals surface area contributed by atoms with Crippen molar-refractivity contribution in [3.63, 3.8) is 0 Å². The number of carbonyl (C=O) groups is 2. The third-order valence-corrected chi connectivity index (χ3v) is 1.28. The van der Waals surface area contributed by atoms with Crippen molar-refractivity contribution >= 4 is 11.7 Å². The molecule has 0 saturated heterocycles. The largest absolute Gasteiger partial charge is 0.350 e. The Morgan fingerprint density at radius 1 is 1.36 bits per heavy atom. The Labute approximate surface area is 67.2 Å².